The van der Waals surface area contributed by atoms with Crippen LogP contribution >= 0.6 is 11.3 Å². The van der Waals surface area contributed by atoms with Gasteiger partial charge in [0.2, 0.25) is 0 Å². The minimum atomic E-state index is 0.887. The molecule has 0 aliphatic carbocycles. The molecule has 0 aliphatic heterocycles. The second-order valence-electron chi connectivity index (χ2n) is 14.7. The van der Waals surface area contributed by atoms with Gasteiger partial charge < -0.3 is 8.98 Å². The molecule has 0 spiro atoms. The molecule has 0 N–H and O–H groups in total. The van der Waals surface area contributed by atoms with E-state index in [9.17, 15) is 0 Å². The molecule has 0 radical (unpaired) electrons. The van der Waals surface area contributed by atoms with Gasteiger partial charge in [-0.3, -0.25) is 0 Å². The molecule has 4 heterocycles. The number of para-hydroxylation sites is 2. The summed E-state index contributed by atoms with van der Waals surface area (Å²) in [5.74, 6) is 0. The number of aromatic nitrogens is 2. The van der Waals surface area contributed by atoms with Gasteiger partial charge in [0.1, 0.15) is 11.2 Å². The molecule has 4 heteroatoms. The predicted octanol–water partition coefficient (Wildman–Crippen LogP) is 15.1. The van der Waals surface area contributed by atoms with Crippen LogP contribution in [0, 0.1) is 0 Å². The molecule has 0 saturated heterocycles. The van der Waals surface area contributed by atoms with Gasteiger partial charge in [0.15, 0.2) is 0 Å². The van der Waals surface area contributed by atoms with E-state index in [2.05, 4.69) is 187 Å². The summed E-state index contributed by atoms with van der Waals surface area (Å²) in [5, 5.41) is 7.28. The van der Waals surface area contributed by atoms with Gasteiger partial charge in [0.05, 0.1) is 22.4 Å². The standard InChI is InChI=1S/C53H32N2OS/c1-3-11-33(12-4-1)46-28-38(29-47(54-46)34-13-5-2-6-14-34)37-20-24-44-45-27-35(21-26-52(45)57-53(44)31-37)36-19-23-42-43-25-22-39(32-51(43)56-50(42)30-36)55-48-17-9-7-15-40(48)41-16-8-10-18-49(41)55/h1-32H. The molecular formula is C53H32N2OS. The van der Waals surface area contributed by atoms with Crippen LogP contribution in [0.25, 0.3) is 114 Å². The van der Waals surface area contributed by atoms with Gasteiger partial charge in [-0.2, -0.15) is 0 Å². The van der Waals surface area contributed by atoms with E-state index in [0.717, 1.165) is 61.3 Å². The number of hydrogen-bond acceptors (Lipinski definition) is 3. The molecule has 12 rings (SSSR count). The van der Waals surface area contributed by atoms with E-state index in [1.807, 2.05) is 23.5 Å². The van der Waals surface area contributed by atoms with Gasteiger partial charge in [-0.25, -0.2) is 4.98 Å². The first-order valence-electron chi connectivity index (χ1n) is 19.3. The predicted molar refractivity (Wildman–Crippen MR) is 240 cm³/mol. The van der Waals surface area contributed by atoms with E-state index in [1.165, 1.54) is 53.1 Å². The highest BCUT2D eigenvalue weighted by molar-refractivity contribution is 7.25. The van der Waals surface area contributed by atoms with Crippen LogP contribution in [0.5, 0.6) is 0 Å². The van der Waals surface area contributed by atoms with Crippen molar-refractivity contribution in [2.75, 3.05) is 0 Å². The van der Waals surface area contributed by atoms with Gasteiger partial charge in [0, 0.05) is 64.6 Å². The van der Waals surface area contributed by atoms with E-state index in [4.69, 9.17) is 9.40 Å². The highest BCUT2D eigenvalue weighted by atomic mass is 32.1. The average molecular weight is 745 g/mol. The molecule has 0 saturated carbocycles. The Morgan fingerprint density at radius 1 is 0.351 bits per heavy atom. The molecule has 12 aromatic rings. The molecule has 0 aliphatic rings. The fraction of sp³-hybridized carbons (Fsp3) is 0. The van der Waals surface area contributed by atoms with Crippen molar-refractivity contribution in [3.05, 3.63) is 194 Å². The van der Waals surface area contributed by atoms with Crippen LogP contribution in [0.1, 0.15) is 0 Å². The molecule has 0 fully saturated rings. The Kier molecular flexibility index (Phi) is 7.10. The first-order chi connectivity index (χ1) is 28.2. The zero-order valence-electron chi connectivity index (χ0n) is 30.7. The quantitative estimate of drug-likeness (QED) is 0.176. The highest BCUT2D eigenvalue weighted by Gasteiger charge is 2.16. The van der Waals surface area contributed by atoms with E-state index in [1.54, 1.807) is 0 Å². The molecule has 0 atom stereocenters. The second-order valence-corrected chi connectivity index (χ2v) is 15.8. The van der Waals surface area contributed by atoms with Crippen molar-refractivity contribution >= 4 is 75.3 Å². The number of pyridine rings is 1. The summed E-state index contributed by atoms with van der Waals surface area (Å²) in [6, 6.07) is 69.5. The van der Waals surface area contributed by atoms with E-state index < -0.39 is 0 Å². The van der Waals surface area contributed by atoms with Gasteiger partial charge >= 0.3 is 0 Å². The second kappa shape index (κ2) is 12.6. The zero-order chi connectivity index (χ0) is 37.5. The minimum absolute atomic E-state index is 0.887. The van der Waals surface area contributed by atoms with E-state index in [0.29, 0.717) is 0 Å². The molecule has 57 heavy (non-hydrogen) atoms. The van der Waals surface area contributed by atoms with Crippen molar-refractivity contribution in [2.45, 2.75) is 0 Å². The molecule has 8 aromatic carbocycles. The topological polar surface area (TPSA) is 31.0 Å². The SMILES string of the molecule is c1ccc(-c2cc(-c3ccc4c(c3)sc3ccc(-c5ccc6c(c5)oc5cc(-n7c8ccccc8c8ccccc87)ccc56)cc34)cc(-c3ccccc3)n2)cc1. The van der Waals surface area contributed by atoms with Crippen molar-refractivity contribution in [3.63, 3.8) is 0 Å². The Morgan fingerprint density at radius 2 is 0.895 bits per heavy atom. The third-order valence-electron chi connectivity index (χ3n) is 11.4. The lowest BCUT2D eigenvalue weighted by molar-refractivity contribution is 0.669. The smallest absolute Gasteiger partial charge is 0.137 e. The van der Waals surface area contributed by atoms with Crippen molar-refractivity contribution in [3.8, 4) is 50.5 Å². The molecular weight excluding hydrogens is 713 g/mol. The molecule has 0 amide bonds. The third-order valence-corrected chi connectivity index (χ3v) is 12.5. The van der Waals surface area contributed by atoms with Crippen LogP contribution < -0.4 is 0 Å². The van der Waals surface area contributed by atoms with Crippen molar-refractivity contribution in [1.82, 2.24) is 9.55 Å². The molecule has 0 unspecified atom stereocenters. The monoisotopic (exact) mass is 744 g/mol. The lowest BCUT2D eigenvalue weighted by Crippen LogP contribution is -1.93. The zero-order valence-corrected chi connectivity index (χ0v) is 31.5. The Hall–Kier alpha value is -7.27. The Bertz CT molecular complexity index is 3410. The summed E-state index contributed by atoms with van der Waals surface area (Å²) in [6.45, 7) is 0. The highest BCUT2D eigenvalue weighted by Crippen LogP contribution is 2.41. The summed E-state index contributed by atoms with van der Waals surface area (Å²) in [7, 11) is 0. The Balaban J connectivity index is 0.921. The summed E-state index contributed by atoms with van der Waals surface area (Å²) in [6.07, 6.45) is 0. The lowest BCUT2D eigenvalue weighted by Gasteiger charge is -2.10. The number of hydrogen-bond donors (Lipinski definition) is 0. The molecule has 3 nitrogen and oxygen atoms in total. The minimum Gasteiger partial charge on any atom is -0.456 e. The number of furan rings is 1. The van der Waals surface area contributed by atoms with Gasteiger partial charge in [-0.15, -0.1) is 11.3 Å². The van der Waals surface area contributed by atoms with Crippen LogP contribution in [0.15, 0.2) is 199 Å². The van der Waals surface area contributed by atoms with Crippen molar-refractivity contribution in [2.24, 2.45) is 0 Å². The Labute approximate surface area is 332 Å². The summed E-state index contributed by atoms with van der Waals surface area (Å²) in [5.41, 5.74) is 14.1. The maximum absolute atomic E-state index is 6.63. The van der Waals surface area contributed by atoms with Crippen LogP contribution in [0.2, 0.25) is 0 Å². The maximum Gasteiger partial charge on any atom is 0.137 e. The van der Waals surface area contributed by atoms with Crippen LogP contribution in [-0.4, -0.2) is 9.55 Å². The number of nitrogens with zero attached hydrogens (tertiary/aromatic N) is 2. The molecule has 4 aromatic heterocycles. The van der Waals surface area contributed by atoms with E-state index >= 15 is 0 Å². The van der Waals surface area contributed by atoms with Crippen LogP contribution in [-0.2, 0) is 0 Å². The van der Waals surface area contributed by atoms with Gasteiger partial charge in [0.25, 0.3) is 0 Å². The first-order valence-corrected chi connectivity index (χ1v) is 20.1. The van der Waals surface area contributed by atoms with Gasteiger partial charge in [-0.05, 0) is 89.0 Å². The molecule has 266 valence electrons. The van der Waals surface area contributed by atoms with Crippen molar-refractivity contribution in [1.29, 1.82) is 0 Å². The first kappa shape index (κ1) is 32.0. The largest absolute Gasteiger partial charge is 0.456 e. The van der Waals surface area contributed by atoms with Crippen LogP contribution in [0.4, 0.5) is 0 Å². The fourth-order valence-corrected chi connectivity index (χ4v) is 9.76. The summed E-state index contributed by atoms with van der Waals surface area (Å²) in [4.78, 5) is 5.10. The average Bonchev–Trinajstić information content (AvgIpc) is 3.95. The number of benzene rings is 8. The third kappa shape index (κ3) is 5.22. The maximum atomic E-state index is 6.63. The normalized spacial score (nSPS) is 11.9. The lowest BCUT2D eigenvalue weighted by atomic mass is 9.98. The fourth-order valence-electron chi connectivity index (χ4n) is 8.63. The number of fused-ring (bicyclic) bond motifs is 9. The molecule has 0 bridgehead atoms. The Morgan fingerprint density at radius 3 is 1.58 bits per heavy atom. The number of rotatable bonds is 5. The summed E-state index contributed by atoms with van der Waals surface area (Å²) < 4.78 is 11.5. The summed E-state index contributed by atoms with van der Waals surface area (Å²) >= 11 is 1.85. The van der Waals surface area contributed by atoms with Crippen molar-refractivity contribution < 1.29 is 4.42 Å². The number of thiophene rings is 1. The van der Waals surface area contributed by atoms with Gasteiger partial charge in [-0.1, -0.05) is 121 Å². The van der Waals surface area contributed by atoms with Crippen LogP contribution in [0.3, 0.4) is 0 Å². The van der Waals surface area contributed by atoms with E-state index in [-0.39, 0.29) is 0 Å².